The number of fused-ring (bicyclic) bond motifs is 2. The number of halogens is 3. The molecule has 4 aliphatic rings. The molecular formula is C19H31F3N4. The summed E-state index contributed by atoms with van der Waals surface area (Å²) in [5.41, 5.74) is 0. The number of alkyl halides is 3. The molecule has 3 heterocycles. The lowest BCUT2D eigenvalue weighted by Gasteiger charge is -2.58. The highest BCUT2D eigenvalue weighted by Crippen LogP contribution is 2.38. The van der Waals surface area contributed by atoms with Crippen molar-refractivity contribution in [2.45, 2.75) is 83.1 Å². The fourth-order valence-corrected chi connectivity index (χ4v) is 4.33. The van der Waals surface area contributed by atoms with Crippen LogP contribution in [0.4, 0.5) is 13.2 Å². The smallest absolute Gasteiger partial charge is 0.297 e. The zero-order chi connectivity index (χ0) is 19.7. The summed E-state index contributed by atoms with van der Waals surface area (Å²) in [5, 5.41) is 15.2. The van der Waals surface area contributed by atoms with E-state index in [0.717, 1.165) is 45.2 Å². The van der Waals surface area contributed by atoms with Crippen LogP contribution < -0.4 is 0 Å². The largest absolute Gasteiger partial charge is 0.401 e. The zero-order valence-corrected chi connectivity index (χ0v) is 15.9. The lowest BCUT2D eigenvalue weighted by atomic mass is 9.80. The lowest BCUT2D eigenvalue weighted by Crippen LogP contribution is -2.71. The Balaban J connectivity index is 0.000000615. The van der Waals surface area contributed by atoms with E-state index in [4.69, 9.17) is 10.5 Å². The third kappa shape index (κ3) is 6.45. The van der Waals surface area contributed by atoms with Gasteiger partial charge in [0.15, 0.2) is 0 Å². The summed E-state index contributed by atoms with van der Waals surface area (Å²) in [6, 6.07) is 2.97. The SMILES string of the molecule is C#N.CCC.N#CCC1CCC(N2CC3CC(C2)N3CC(F)(F)F)CC1. The number of nitrogens with zero attached hydrogens (tertiary/aromatic N) is 4. The van der Waals surface area contributed by atoms with Gasteiger partial charge in [0.25, 0.3) is 0 Å². The van der Waals surface area contributed by atoms with Crippen molar-refractivity contribution in [3.63, 3.8) is 0 Å². The van der Waals surface area contributed by atoms with Crippen LogP contribution in [0, 0.1) is 29.1 Å². The van der Waals surface area contributed by atoms with Gasteiger partial charge in [0, 0.05) is 44.2 Å². The molecule has 1 saturated carbocycles. The van der Waals surface area contributed by atoms with E-state index in [-0.39, 0.29) is 12.1 Å². The van der Waals surface area contributed by atoms with Crippen LogP contribution in [-0.2, 0) is 0 Å². The lowest BCUT2D eigenvalue weighted by molar-refractivity contribution is -0.191. The molecule has 26 heavy (non-hydrogen) atoms. The van der Waals surface area contributed by atoms with Gasteiger partial charge in [0.2, 0.25) is 0 Å². The standard InChI is InChI=1S/C15H22F3N3.C3H8.CHN/c16-15(17,18)10-21-13-7-14(21)9-20(8-13)12-3-1-11(2-4-12)5-6-19;1-3-2;1-2/h11-14H,1-5,7-10H2;3H2,1-2H3;1H. The molecule has 0 aromatic heterocycles. The Morgan fingerprint density at radius 3 is 1.92 bits per heavy atom. The number of hydrogen-bond acceptors (Lipinski definition) is 4. The molecule has 1 aliphatic carbocycles. The van der Waals surface area contributed by atoms with Crippen LogP contribution in [0.25, 0.3) is 0 Å². The molecule has 0 radical (unpaired) electrons. The molecule has 3 saturated heterocycles. The Labute approximate surface area is 155 Å². The molecule has 4 rings (SSSR count). The van der Waals surface area contributed by atoms with Crippen molar-refractivity contribution in [1.82, 2.24) is 9.80 Å². The number of rotatable bonds is 3. The molecule has 0 aromatic carbocycles. The van der Waals surface area contributed by atoms with Crippen LogP contribution >= 0.6 is 0 Å². The number of nitriles is 2. The Kier molecular flexibility index (Phi) is 9.39. The van der Waals surface area contributed by atoms with Crippen molar-refractivity contribution < 1.29 is 13.2 Å². The highest BCUT2D eigenvalue weighted by atomic mass is 19.4. The quantitative estimate of drug-likeness (QED) is 0.740. The molecule has 4 fully saturated rings. The van der Waals surface area contributed by atoms with Crippen molar-refractivity contribution in [2.75, 3.05) is 19.6 Å². The summed E-state index contributed by atoms with van der Waals surface area (Å²) in [6.45, 7) is 8.59. The Morgan fingerprint density at radius 2 is 1.50 bits per heavy atom. The van der Waals surface area contributed by atoms with Crippen molar-refractivity contribution in [3.8, 4) is 12.6 Å². The van der Waals surface area contributed by atoms with Gasteiger partial charge in [-0.15, -0.1) is 0 Å². The second-order valence-corrected chi connectivity index (χ2v) is 7.53. The van der Waals surface area contributed by atoms with E-state index in [0.29, 0.717) is 18.4 Å². The van der Waals surface area contributed by atoms with Crippen molar-refractivity contribution in [3.05, 3.63) is 0 Å². The molecule has 0 aromatic rings. The fraction of sp³-hybridized carbons (Fsp3) is 0.895. The molecule has 0 N–H and O–H groups in total. The third-order valence-corrected chi connectivity index (χ3v) is 5.45. The van der Waals surface area contributed by atoms with Crippen LogP contribution in [0.1, 0.15) is 58.8 Å². The van der Waals surface area contributed by atoms with E-state index in [1.807, 2.05) is 0 Å². The van der Waals surface area contributed by atoms with E-state index in [1.54, 1.807) is 4.90 Å². The summed E-state index contributed by atoms with van der Waals surface area (Å²) in [7, 11) is 0. The predicted molar refractivity (Wildman–Crippen MR) is 95.1 cm³/mol. The van der Waals surface area contributed by atoms with Gasteiger partial charge in [-0.1, -0.05) is 20.3 Å². The van der Waals surface area contributed by atoms with Crippen LogP contribution in [0.5, 0.6) is 0 Å². The van der Waals surface area contributed by atoms with Gasteiger partial charge < -0.3 is 0 Å². The Hall–Kier alpha value is -1.31. The van der Waals surface area contributed by atoms with Gasteiger partial charge in [-0.25, -0.2) is 5.26 Å². The second kappa shape index (κ2) is 10.7. The number of piperidine rings is 1. The van der Waals surface area contributed by atoms with E-state index in [9.17, 15) is 13.2 Å². The summed E-state index contributed by atoms with van der Waals surface area (Å²) >= 11 is 0. The molecule has 0 amide bonds. The summed E-state index contributed by atoms with van der Waals surface area (Å²) in [4.78, 5) is 4.05. The van der Waals surface area contributed by atoms with Crippen LogP contribution in [-0.4, -0.2) is 53.7 Å². The van der Waals surface area contributed by atoms with Gasteiger partial charge in [-0.05, 0) is 38.0 Å². The topological polar surface area (TPSA) is 54.1 Å². The van der Waals surface area contributed by atoms with E-state index >= 15 is 0 Å². The highest BCUT2D eigenvalue weighted by Gasteiger charge is 2.49. The molecular weight excluding hydrogens is 341 g/mol. The maximum absolute atomic E-state index is 12.5. The van der Waals surface area contributed by atoms with Gasteiger partial charge in [0.05, 0.1) is 12.6 Å². The molecule has 2 atom stereocenters. The Bertz CT molecular complexity index is 452. The predicted octanol–water partition coefficient (Wildman–Crippen LogP) is 4.34. The first-order chi connectivity index (χ1) is 12.4. The van der Waals surface area contributed by atoms with Gasteiger partial charge in [-0.3, -0.25) is 9.80 Å². The molecule has 7 heteroatoms. The maximum atomic E-state index is 12.5. The monoisotopic (exact) mass is 372 g/mol. The minimum Gasteiger partial charge on any atom is -0.297 e. The first kappa shape index (κ1) is 22.7. The van der Waals surface area contributed by atoms with Gasteiger partial charge >= 0.3 is 6.18 Å². The van der Waals surface area contributed by atoms with Crippen LogP contribution in [0.2, 0.25) is 0 Å². The number of hydrogen-bond donors (Lipinski definition) is 0. The summed E-state index contributed by atoms with van der Waals surface area (Å²) in [5.74, 6) is 0.535. The molecule has 0 spiro atoms. The molecule has 148 valence electrons. The Morgan fingerprint density at radius 1 is 1.00 bits per heavy atom. The van der Waals surface area contributed by atoms with Crippen molar-refractivity contribution in [1.29, 1.82) is 10.5 Å². The van der Waals surface area contributed by atoms with Gasteiger partial charge in [-0.2, -0.15) is 18.4 Å². The van der Waals surface area contributed by atoms with Crippen molar-refractivity contribution in [2.24, 2.45) is 5.92 Å². The van der Waals surface area contributed by atoms with Crippen molar-refractivity contribution >= 4 is 0 Å². The molecule has 4 nitrogen and oxygen atoms in total. The summed E-state index contributed by atoms with van der Waals surface area (Å²) in [6.07, 6.45) is 3.14. The normalized spacial score (nSPS) is 31.3. The molecule has 3 aliphatic heterocycles. The number of piperazine rings is 1. The van der Waals surface area contributed by atoms with Crippen LogP contribution in [0.3, 0.4) is 0 Å². The van der Waals surface area contributed by atoms with E-state index < -0.39 is 12.7 Å². The van der Waals surface area contributed by atoms with E-state index in [1.165, 1.54) is 6.42 Å². The maximum Gasteiger partial charge on any atom is 0.401 e. The minimum atomic E-state index is -4.07. The second-order valence-electron chi connectivity index (χ2n) is 7.53. The highest BCUT2D eigenvalue weighted by molar-refractivity contribution is 5.03. The zero-order valence-electron chi connectivity index (χ0n) is 15.9. The molecule has 2 bridgehead atoms. The van der Waals surface area contributed by atoms with E-state index in [2.05, 4.69) is 31.4 Å². The van der Waals surface area contributed by atoms with Crippen LogP contribution in [0.15, 0.2) is 0 Å². The van der Waals surface area contributed by atoms with Gasteiger partial charge in [0.1, 0.15) is 0 Å². The first-order valence-corrected chi connectivity index (χ1v) is 9.57. The average molecular weight is 372 g/mol. The third-order valence-electron chi connectivity index (χ3n) is 5.45. The first-order valence-electron chi connectivity index (χ1n) is 9.57. The average Bonchev–Trinajstić information content (AvgIpc) is 2.62. The summed E-state index contributed by atoms with van der Waals surface area (Å²) < 4.78 is 37.6. The minimum absolute atomic E-state index is 0.0993. The fourth-order valence-electron chi connectivity index (χ4n) is 4.33. The molecule has 2 unspecified atom stereocenters.